The van der Waals surface area contributed by atoms with E-state index in [0.717, 1.165) is 5.56 Å². The van der Waals surface area contributed by atoms with E-state index in [9.17, 15) is 14.7 Å². The second-order valence-electron chi connectivity index (χ2n) is 7.37. The van der Waals surface area contributed by atoms with E-state index < -0.39 is 17.7 Å². The molecule has 0 saturated heterocycles. The summed E-state index contributed by atoms with van der Waals surface area (Å²) in [6.45, 7) is 8.33. The van der Waals surface area contributed by atoms with E-state index in [0.29, 0.717) is 24.0 Å². The molecule has 29 heavy (non-hydrogen) atoms. The number of anilines is 1. The predicted octanol–water partition coefficient (Wildman–Crippen LogP) is 5.09. The number of Topliss-reactive ketones (excluding diaryl/α,β-unsaturated/α-hetero) is 1. The SMILES string of the molecule is CCOc1cccc(N2C(=O)C(O)=C(C(=O)CC)C2c2ccc(C(C)C)cc2)c1. The Kier molecular flexibility index (Phi) is 6.06. The maximum absolute atomic E-state index is 13.0. The molecule has 1 atom stereocenters. The summed E-state index contributed by atoms with van der Waals surface area (Å²) in [7, 11) is 0. The van der Waals surface area contributed by atoms with Crippen LogP contribution in [0.4, 0.5) is 5.69 Å². The van der Waals surface area contributed by atoms with Crippen molar-refractivity contribution in [3.63, 3.8) is 0 Å². The molecule has 5 nitrogen and oxygen atoms in total. The Morgan fingerprint density at radius 2 is 1.83 bits per heavy atom. The Morgan fingerprint density at radius 3 is 2.41 bits per heavy atom. The number of aliphatic hydroxyl groups is 1. The normalized spacial score (nSPS) is 16.7. The van der Waals surface area contributed by atoms with Crippen molar-refractivity contribution in [2.75, 3.05) is 11.5 Å². The standard InChI is InChI=1S/C24H27NO4/c1-5-20(26)21-22(17-12-10-16(11-13-17)15(3)4)25(24(28)23(21)27)18-8-7-9-19(14-18)29-6-2/h7-15,22,27H,5-6H2,1-4H3. The molecule has 0 bridgehead atoms. The quantitative estimate of drug-likeness (QED) is 0.712. The number of nitrogens with zero attached hydrogens (tertiary/aromatic N) is 1. The van der Waals surface area contributed by atoms with Gasteiger partial charge in [0.25, 0.3) is 5.91 Å². The molecule has 0 saturated carbocycles. The topological polar surface area (TPSA) is 66.8 Å². The van der Waals surface area contributed by atoms with Crippen LogP contribution in [0.3, 0.4) is 0 Å². The molecule has 5 heteroatoms. The lowest BCUT2D eigenvalue weighted by Gasteiger charge is -2.27. The molecular weight excluding hydrogens is 366 g/mol. The zero-order chi connectivity index (χ0) is 21.1. The number of hydrogen-bond acceptors (Lipinski definition) is 4. The largest absolute Gasteiger partial charge is 0.503 e. The van der Waals surface area contributed by atoms with E-state index in [-0.39, 0.29) is 17.8 Å². The molecular formula is C24H27NO4. The number of amides is 1. The molecule has 1 N–H and O–H groups in total. The molecule has 152 valence electrons. The minimum absolute atomic E-state index is 0.150. The highest BCUT2D eigenvalue weighted by Gasteiger charge is 2.43. The Bertz CT molecular complexity index is 944. The molecule has 0 aromatic heterocycles. The van der Waals surface area contributed by atoms with Gasteiger partial charge in [0, 0.05) is 18.2 Å². The zero-order valence-corrected chi connectivity index (χ0v) is 17.3. The van der Waals surface area contributed by atoms with Gasteiger partial charge in [0.2, 0.25) is 0 Å². The monoisotopic (exact) mass is 393 g/mol. The van der Waals surface area contributed by atoms with Crippen LogP contribution in [0.15, 0.2) is 59.9 Å². The molecule has 1 amide bonds. The number of ketones is 1. The highest BCUT2D eigenvalue weighted by atomic mass is 16.5. The van der Waals surface area contributed by atoms with Crippen LogP contribution in [0.2, 0.25) is 0 Å². The first kappa shape index (κ1) is 20.6. The summed E-state index contributed by atoms with van der Waals surface area (Å²) in [6, 6.07) is 14.3. The van der Waals surface area contributed by atoms with E-state index >= 15 is 0 Å². The molecule has 0 radical (unpaired) electrons. The number of carbonyl (C=O) groups is 2. The maximum Gasteiger partial charge on any atom is 0.294 e. The third kappa shape index (κ3) is 3.90. The van der Waals surface area contributed by atoms with Crippen LogP contribution in [0.5, 0.6) is 5.75 Å². The van der Waals surface area contributed by atoms with Crippen molar-refractivity contribution >= 4 is 17.4 Å². The van der Waals surface area contributed by atoms with Crippen molar-refractivity contribution in [3.8, 4) is 5.75 Å². The molecule has 1 aliphatic heterocycles. The van der Waals surface area contributed by atoms with Crippen molar-refractivity contribution in [2.24, 2.45) is 0 Å². The summed E-state index contributed by atoms with van der Waals surface area (Å²) < 4.78 is 5.57. The van der Waals surface area contributed by atoms with Crippen molar-refractivity contribution in [1.29, 1.82) is 0 Å². The van der Waals surface area contributed by atoms with E-state index in [2.05, 4.69) is 13.8 Å². The van der Waals surface area contributed by atoms with Gasteiger partial charge in [0.15, 0.2) is 11.5 Å². The molecule has 1 heterocycles. The van der Waals surface area contributed by atoms with Crippen LogP contribution >= 0.6 is 0 Å². The number of rotatable bonds is 7. The van der Waals surface area contributed by atoms with E-state index in [1.165, 1.54) is 10.5 Å². The average Bonchev–Trinajstić information content (AvgIpc) is 2.99. The molecule has 2 aromatic carbocycles. The van der Waals surface area contributed by atoms with Gasteiger partial charge in [0.1, 0.15) is 5.75 Å². The summed E-state index contributed by atoms with van der Waals surface area (Å²) in [5, 5.41) is 10.6. The molecule has 2 aromatic rings. The summed E-state index contributed by atoms with van der Waals surface area (Å²) >= 11 is 0. The number of benzene rings is 2. The van der Waals surface area contributed by atoms with Crippen LogP contribution in [-0.2, 0) is 9.59 Å². The molecule has 0 fully saturated rings. The summed E-state index contributed by atoms with van der Waals surface area (Å²) in [6.07, 6.45) is 0.208. The predicted molar refractivity (Wildman–Crippen MR) is 113 cm³/mol. The smallest absolute Gasteiger partial charge is 0.294 e. The Balaban J connectivity index is 2.12. The van der Waals surface area contributed by atoms with Gasteiger partial charge in [-0.25, -0.2) is 0 Å². The van der Waals surface area contributed by atoms with Crippen LogP contribution in [0.25, 0.3) is 0 Å². The highest BCUT2D eigenvalue weighted by molar-refractivity contribution is 6.16. The van der Waals surface area contributed by atoms with Crippen molar-refractivity contribution in [1.82, 2.24) is 0 Å². The third-order valence-corrected chi connectivity index (χ3v) is 5.16. The summed E-state index contributed by atoms with van der Waals surface area (Å²) in [5.41, 5.74) is 2.67. The van der Waals surface area contributed by atoms with Crippen molar-refractivity contribution in [3.05, 3.63) is 71.0 Å². The second kappa shape index (κ2) is 8.52. The first-order valence-corrected chi connectivity index (χ1v) is 10.0. The summed E-state index contributed by atoms with van der Waals surface area (Å²) in [4.78, 5) is 27.1. The highest BCUT2D eigenvalue weighted by Crippen LogP contribution is 2.42. The van der Waals surface area contributed by atoms with Crippen LogP contribution in [-0.4, -0.2) is 23.4 Å². The molecule has 0 spiro atoms. The first-order chi connectivity index (χ1) is 13.9. The lowest BCUT2D eigenvalue weighted by Crippen LogP contribution is -2.31. The van der Waals surface area contributed by atoms with E-state index in [1.807, 2.05) is 37.3 Å². The summed E-state index contributed by atoms with van der Waals surface area (Å²) in [5.74, 6) is -0.294. The molecule has 0 aliphatic carbocycles. The van der Waals surface area contributed by atoms with Gasteiger partial charge in [-0.15, -0.1) is 0 Å². The first-order valence-electron chi connectivity index (χ1n) is 10.0. The fourth-order valence-electron chi connectivity index (χ4n) is 3.62. The minimum Gasteiger partial charge on any atom is -0.503 e. The van der Waals surface area contributed by atoms with Gasteiger partial charge in [-0.2, -0.15) is 0 Å². The number of carbonyl (C=O) groups excluding carboxylic acids is 2. The Labute approximate surface area is 171 Å². The lowest BCUT2D eigenvalue weighted by atomic mass is 9.92. The van der Waals surface area contributed by atoms with Crippen LogP contribution in [0.1, 0.15) is 57.2 Å². The zero-order valence-electron chi connectivity index (χ0n) is 17.3. The van der Waals surface area contributed by atoms with Gasteiger partial charge < -0.3 is 9.84 Å². The minimum atomic E-state index is -0.673. The fraction of sp³-hybridized carbons (Fsp3) is 0.333. The number of aliphatic hydroxyl groups excluding tert-OH is 1. The number of hydrogen-bond donors (Lipinski definition) is 1. The van der Waals surface area contributed by atoms with Crippen LogP contribution in [0, 0.1) is 0 Å². The van der Waals surface area contributed by atoms with Gasteiger partial charge in [-0.3, -0.25) is 14.5 Å². The maximum atomic E-state index is 13.0. The average molecular weight is 393 g/mol. The van der Waals surface area contributed by atoms with Gasteiger partial charge in [-0.1, -0.05) is 51.1 Å². The number of ether oxygens (including phenoxy) is 1. The molecule has 1 aliphatic rings. The Hall–Kier alpha value is -3.08. The van der Waals surface area contributed by atoms with Gasteiger partial charge in [-0.05, 0) is 36.1 Å². The van der Waals surface area contributed by atoms with E-state index in [4.69, 9.17) is 4.74 Å². The van der Waals surface area contributed by atoms with Crippen LogP contribution < -0.4 is 9.64 Å². The van der Waals surface area contributed by atoms with E-state index in [1.54, 1.807) is 25.1 Å². The van der Waals surface area contributed by atoms with Crippen molar-refractivity contribution in [2.45, 2.75) is 46.1 Å². The Morgan fingerprint density at radius 1 is 1.14 bits per heavy atom. The molecule has 3 rings (SSSR count). The second-order valence-corrected chi connectivity index (χ2v) is 7.37. The van der Waals surface area contributed by atoms with Gasteiger partial charge >= 0.3 is 0 Å². The fourth-order valence-corrected chi connectivity index (χ4v) is 3.62. The van der Waals surface area contributed by atoms with Gasteiger partial charge in [0.05, 0.1) is 18.2 Å². The third-order valence-electron chi connectivity index (χ3n) is 5.16. The lowest BCUT2D eigenvalue weighted by molar-refractivity contribution is -0.118. The van der Waals surface area contributed by atoms with Crippen molar-refractivity contribution < 1.29 is 19.4 Å². The molecule has 1 unspecified atom stereocenters.